The van der Waals surface area contributed by atoms with E-state index in [1.165, 1.54) is 15.8 Å². The largest absolute Gasteiger partial charge is 0.328 e. The topological polar surface area (TPSA) is 27.7 Å². The fraction of sp³-hybridized carbons (Fsp3) is 1.00. The van der Waals surface area contributed by atoms with Crippen molar-refractivity contribution in [1.82, 2.24) is 0 Å². The van der Waals surface area contributed by atoms with Gasteiger partial charge in [0, 0.05) is 35.3 Å². The second kappa shape index (κ2) is 8.61. The van der Waals surface area contributed by atoms with E-state index in [0.717, 1.165) is 6.42 Å². The third-order valence-corrected chi connectivity index (χ3v) is 5.11. The molecule has 0 saturated heterocycles. The normalized spacial score (nSPS) is 13.1. The smallest absolute Gasteiger partial charge is 0.282 e. The summed E-state index contributed by atoms with van der Waals surface area (Å²) in [6.45, 7) is 7.86. The highest BCUT2D eigenvalue weighted by molar-refractivity contribution is 6.89. The molecule has 0 aliphatic carbocycles. The van der Waals surface area contributed by atoms with Crippen molar-refractivity contribution in [2.75, 3.05) is 19.8 Å². The molecule has 0 fully saturated rings. The Balaban J connectivity index is 4.21. The van der Waals surface area contributed by atoms with E-state index in [0.29, 0.717) is 19.8 Å². The first kappa shape index (κ1) is 14.3. The fourth-order valence-corrected chi connectivity index (χ4v) is 3.24. The predicted molar refractivity (Wildman–Crippen MR) is 65.5 cm³/mol. The maximum atomic E-state index is 5.61. The summed E-state index contributed by atoms with van der Waals surface area (Å²) in [5.74, 6) is -0.740. The van der Waals surface area contributed by atoms with Gasteiger partial charge >= 0.3 is 0 Å². The average Bonchev–Trinajstić information content (AvgIpc) is 2.16. The second-order valence-electron chi connectivity index (χ2n) is 3.09. The Morgan fingerprint density at radius 3 is 1.71 bits per heavy atom. The minimum absolute atomic E-state index is 0.182. The van der Waals surface area contributed by atoms with Gasteiger partial charge in [0.15, 0.2) is 0 Å². The van der Waals surface area contributed by atoms with Crippen molar-refractivity contribution in [3.8, 4) is 0 Å². The molecule has 0 aromatic heterocycles. The summed E-state index contributed by atoms with van der Waals surface area (Å²) in [5.41, 5.74) is 0. The van der Waals surface area contributed by atoms with Crippen LogP contribution in [0.15, 0.2) is 0 Å². The van der Waals surface area contributed by atoms with Gasteiger partial charge in [0.2, 0.25) is 0 Å². The van der Waals surface area contributed by atoms with Gasteiger partial charge in [0.05, 0.1) is 0 Å². The van der Waals surface area contributed by atoms with Gasteiger partial charge in [0.25, 0.3) is 5.97 Å². The molecule has 0 unspecified atom stereocenters. The standard InChI is InChI=1S/C9H24O3Si2/c1-4-10-9(11-5-2,12-6-3)7-8-14-13/h4-8,14H2,1-3,13H3. The van der Waals surface area contributed by atoms with Crippen LogP contribution < -0.4 is 0 Å². The molecule has 0 aliphatic rings. The molecule has 3 nitrogen and oxygen atoms in total. The first-order valence-electron chi connectivity index (χ1n) is 5.66. The van der Waals surface area contributed by atoms with Gasteiger partial charge in [-0.05, 0) is 30.5 Å². The summed E-state index contributed by atoms with van der Waals surface area (Å²) in [6.07, 6.45) is 0.901. The van der Waals surface area contributed by atoms with E-state index in [-0.39, 0.29) is 9.04 Å². The molecule has 0 rings (SSSR count). The molecule has 0 N–H and O–H groups in total. The monoisotopic (exact) mass is 236 g/mol. The van der Waals surface area contributed by atoms with E-state index in [1.54, 1.807) is 0 Å². The van der Waals surface area contributed by atoms with Crippen LogP contribution in [0.1, 0.15) is 27.2 Å². The van der Waals surface area contributed by atoms with Gasteiger partial charge < -0.3 is 14.2 Å². The third-order valence-electron chi connectivity index (χ3n) is 1.93. The molecule has 0 heterocycles. The summed E-state index contributed by atoms with van der Waals surface area (Å²) >= 11 is 0. The van der Waals surface area contributed by atoms with E-state index in [9.17, 15) is 0 Å². The van der Waals surface area contributed by atoms with Gasteiger partial charge in [0.1, 0.15) is 0 Å². The Morgan fingerprint density at radius 1 is 1.00 bits per heavy atom. The minimum Gasteiger partial charge on any atom is -0.328 e. The molecule has 0 amide bonds. The van der Waals surface area contributed by atoms with Crippen molar-refractivity contribution in [2.24, 2.45) is 0 Å². The van der Waals surface area contributed by atoms with Gasteiger partial charge in [-0.25, -0.2) is 0 Å². The van der Waals surface area contributed by atoms with Crippen LogP contribution in [-0.2, 0) is 14.2 Å². The predicted octanol–water partition coefficient (Wildman–Crippen LogP) is 0.00730. The summed E-state index contributed by atoms with van der Waals surface area (Å²) in [4.78, 5) is 0. The molecule has 0 spiro atoms. The molecule has 0 aliphatic heterocycles. The van der Waals surface area contributed by atoms with Crippen LogP contribution in [0.3, 0.4) is 0 Å². The highest BCUT2D eigenvalue weighted by Gasteiger charge is 2.31. The Bertz CT molecular complexity index is 116. The maximum absolute atomic E-state index is 5.61. The van der Waals surface area contributed by atoms with Crippen molar-refractivity contribution in [3.63, 3.8) is 0 Å². The highest BCUT2D eigenvalue weighted by Crippen LogP contribution is 2.21. The molecule has 5 heteroatoms. The summed E-state index contributed by atoms with van der Waals surface area (Å²) in [5, 5.41) is 0. The zero-order chi connectivity index (χ0) is 10.9. The second-order valence-corrected chi connectivity index (χ2v) is 7.79. The number of hydrogen-bond donors (Lipinski definition) is 0. The van der Waals surface area contributed by atoms with E-state index < -0.39 is 5.97 Å². The molecule has 0 aromatic rings. The first-order valence-corrected chi connectivity index (χ1v) is 12.3. The Labute approximate surface area is 92.5 Å². The van der Waals surface area contributed by atoms with Gasteiger partial charge in [-0.1, -0.05) is 6.04 Å². The van der Waals surface area contributed by atoms with Gasteiger partial charge in [-0.2, -0.15) is 0 Å². The number of rotatable bonds is 9. The SMILES string of the molecule is CCOC(CC[SiH2][SiH3])(OCC)OCC. The van der Waals surface area contributed by atoms with Crippen molar-refractivity contribution in [1.29, 1.82) is 0 Å². The van der Waals surface area contributed by atoms with Crippen molar-refractivity contribution in [2.45, 2.75) is 39.2 Å². The molecule has 14 heavy (non-hydrogen) atoms. The lowest BCUT2D eigenvalue weighted by atomic mass is 10.4. The lowest BCUT2D eigenvalue weighted by Crippen LogP contribution is -2.39. The molecule has 0 radical (unpaired) electrons. The minimum atomic E-state index is -0.740. The Morgan fingerprint density at radius 2 is 1.43 bits per heavy atom. The van der Waals surface area contributed by atoms with Crippen molar-refractivity contribution >= 4 is 18.8 Å². The van der Waals surface area contributed by atoms with Gasteiger partial charge in [-0.3, -0.25) is 0 Å². The van der Waals surface area contributed by atoms with Crippen LogP contribution in [-0.4, -0.2) is 44.6 Å². The zero-order valence-electron chi connectivity index (χ0n) is 9.97. The number of ether oxygens (including phenoxy) is 3. The molecular weight excluding hydrogens is 212 g/mol. The third kappa shape index (κ3) is 5.26. The van der Waals surface area contributed by atoms with Crippen LogP contribution in [0.2, 0.25) is 6.04 Å². The molecule has 0 saturated carbocycles. The lowest BCUT2D eigenvalue weighted by molar-refractivity contribution is -0.377. The fourth-order valence-electron chi connectivity index (χ4n) is 1.39. The van der Waals surface area contributed by atoms with Crippen LogP contribution in [0.5, 0.6) is 0 Å². The zero-order valence-corrected chi connectivity index (χ0v) is 13.4. The van der Waals surface area contributed by atoms with E-state index in [4.69, 9.17) is 14.2 Å². The molecule has 0 atom stereocenters. The number of hydrogen-bond acceptors (Lipinski definition) is 3. The lowest BCUT2D eigenvalue weighted by Gasteiger charge is -2.32. The Hall–Kier alpha value is 0.314. The molecule has 0 aromatic carbocycles. The van der Waals surface area contributed by atoms with E-state index in [1.807, 2.05) is 20.8 Å². The quantitative estimate of drug-likeness (QED) is 0.417. The maximum Gasteiger partial charge on any atom is 0.282 e. The van der Waals surface area contributed by atoms with E-state index >= 15 is 0 Å². The van der Waals surface area contributed by atoms with E-state index in [2.05, 4.69) is 0 Å². The van der Waals surface area contributed by atoms with Crippen molar-refractivity contribution < 1.29 is 14.2 Å². The van der Waals surface area contributed by atoms with Crippen LogP contribution in [0.25, 0.3) is 0 Å². The van der Waals surface area contributed by atoms with Gasteiger partial charge in [-0.15, -0.1) is 0 Å². The van der Waals surface area contributed by atoms with Crippen molar-refractivity contribution in [3.05, 3.63) is 0 Å². The van der Waals surface area contributed by atoms with Crippen LogP contribution >= 0.6 is 0 Å². The summed E-state index contributed by atoms with van der Waals surface area (Å²) < 4.78 is 16.8. The molecule has 86 valence electrons. The molecule has 0 bridgehead atoms. The summed E-state index contributed by atoms with van der Waals surface area (Å²) in [7, 11) is 1.55. The Kier molecular flexibility index (Phi) is 8.80. The summed E-state index contributed by atoms with van der Waals surface area (Å²) in [6, 6.07) is 1.26. The van der Waals surface area contributed by atoms with Crippen LogP contribution in [0.4, 0.5) is 0 Å². The highest BCUT2D eigenvalue weighted by atomic mass is 29.1. The van der Waals surface area contributed by atoms with Crippen LogP contribution in [0, 0.1) is 0 Å². The average molecular weight is 236 g/mol. The first-order chi connectivity index (χ1) is 6.74. The molecular formula is C9H24O3Si2.